The lowest BCUT2D eigenvalue weighted by Crippen LogP contribution is -2.41. The molecule has 0 unspecified atom stereocenters. The lowest BCUT2D eigenvalue weighted by Gasteiger charge is -2.18. The largest absolute Gasteiger partial charge is 0.481 e. The van der Waals surface area contributed by atoms with Gasteiger partial charge >= 0.3 is 12.0 Å². The van der Waals surface area contributed by atoms with Crippen LogP contribution in [-0.4, -0.2) is 53.5 Å². The summed E-state index contributed by atoms with van der Waals surface area (Å²) in [5.74, 6) is -1.85. The van der Waals surface area contributed by atoms with Gasteiger partial charge in [0.2, 0.25) is 11.8 Å². The number of rotatable bonds is 8. The summed E-state index contributed by atoms with van der Waals surface area (Å²) in [4.78, 5) is 45.9. The van der Waals surface area contributed by atoms with E-state index in [4.69, 9.17) is 5.11 Å². The van der Waals surface area contributed by atoms with E-state index in [0.717, 1.165) is 0 Å². The zero-order chi connectivity index (χ0) is 15.5. The van der Waals surface area contributed by atoms with Crippen LogP contribution in [0.15, 0.2) is 0 Å². The number of carbonyl (C=O) groups is 4. The summed E-state index contributed by atoms with van der Waals surface area (Å²) >= 11 is 0. The maximum atomic E-state index is 11.6. The highest BCUT2D eigenvalue weighted by atomic mass is 16.4. The van der Waals surface area contributed by atoms with E-state index in [1.807, 2.05) is 19.2 Å². The predicted octanol–water partition coefficient (Wildman–Crippen LogP) is -0.0645. The van der Waals surface area contributed by atoms with E-state index in [1.54, 1.807) is 4.90 Å². The Hall–Kier alpha value is -2.12. The molecule has 0 heterocycles. The third-order valence-corrected chi connectivity index (χ3v) is 2.56. The topological polar surface area (TPSA) is 116 Å². The molecule has 8 nitrogen and oxygen atoms in total. The third kappa shape index (κ3) is 8.06. The first-order valence-corrected chi connectivity index (χ1v) is 6.47. The molecule has 4 amide bonds. The Morgan fingerprint density at radius 2 is 1.60 bits per heavy atom. The quantitative estimate of drug-likeness (QED) is 0.578. The lowest BCUT2D eigenvalue weighted by molar-refractivity contribution is -0.138. The summed E-state index contributed by atoms with van der Waals surface area (Å²) in [7, 11) is 0. The van der Waals surface area contributed by atoms with Gasteiger partial charge in [-0.05, 0) is 13.8 Å². The zero-order valence-corrected chi connectivity index (χ0v) is 11.8. The van der Waals surface area contributed by atoms with Crippen LogP contribution in [0.1, 0.15) is 33.1 Å². The molecule has 0 saturated carbocycles. The van der Waals surface area contributed by atoms with E-state index >= 15 is 0 Å². The molecule has 0 aliphatic rings. The van der Waals surface area contributed by atoms with Gasteiger partial charge < -0.3 is 15.3 Å². The number of nitrogens with one attached hydrogen (secondary N) is 2. The minimum atomic E-state index is -1.11. The molecule has 0 radical (unpaired) electrons. The van der Waals surface area contributed by atoms with Crippen molar-refractivity contribution >= 4 is 23.8 Å². The smallest absolute Gasteiger partial charge is 0.321 e. The number of carboxylic acids is 1. The molecule has 8 heteroatoms. The maximum Gasteiger partial charge on any atom is 0.321 e. The fourth-order valence-corrected chi connectivity index (χ4v) is 1.47. The minimum absolute atomic E-state index is 0.0764. The van der Waals surface area contributed by atoms with Crippen molar-refractivity contribution in [2.24, 2.45) is 0 Å². The SMILES string of the molecule is CCN(CC)C(=O)CCNC(=O)NC(=O)CCC(=O)O. The van der Waals surface area contributed by atoms with Crippen molar-refractivity contribution in [2.45, 2.75) is 33.1 Å². The summed E-state index contributed by atoms with van der Waals surface area (Å²) < 4.78 is 0. The normalized spacial score (nSPS) is 9.70. The molecule has 0 aromatic rings. The van der Waals surface area contributed by atoms with Crippen LogP contribution in [0.5, 0.6) is 0 Å². The summed E-state index contributed by atoms with van der Waals surface area (Å²) in [6.07, 6.45) is -0.445. The van der Waals surface area contributed by atoms with E-state index < -0.39 is 17.9 Å². The number of carbonyl (C=O) groups excluding carboxylic acids is 3. The van der Waals surface area contributed by atoms with Gasteiger partial charge in [-0.2, -0.15) is 0 Å². The number of amides is 4. The van der Waals surface area contributed by atoms with Crippen LogP contribution >= 0.6 is 0 Å². The number of imide groups is 1. The summed E-state index contributed by atoms with van der Waals surface area (Å²) in [5, 5.41) is 12.7. The van der Waals surface area contributed by atoms with E-state index in [-0.39, 0.29) is 31.7 Å². The monoisotopic (exact) mass is 287 g/mol. The second-order valence-corrected chi connectivity index (χ2v) is 4.01. The third-order valence-electron chi connectivity index (χ3n) is 2.56. The van der Waals surface area contributed by atoms with E-state index in [9.17, 15) is 19.2 Å². The highest BCUT2D eigenvalue weighted by Gasteiger charge is 2.11. The Balaban J connectivity index is 3.86. The van der Waals surface area contributed by atoms with Crippen LogP contribution in [0, 0.1) is 0 Å². The Morgan fingerprint density at radius 1 is 1.00 bits per heavy atom. The van der Waals surface area contributed by atoms with Gasteiger partial charge in [0.25, 0.3) is 0 Å². The number of aliphatic carboxylic acids is 1. The highest BCUT2D eigenvalue weighted by molar-refractivity contribution is 5.95. The molecule has 0 aromatic heterocycles. The molecule has 0 rings (SSSR count). The number of urea groups is 1. The highest BCUT2D eigenvalue weighted by Crippen LogP contribution is 1.93. The number of carboxylic acid groups (broad SMARTS) is 1. The predicted molar refractivity (Wildman–Crippen MR) is 71.0 cm³/mol. The Bertz CT molecular complexity index is 366. The Kier molecular flexibility index (Phi) is 8.73. The van der Waals surface area contributed by atoms with E-state index in [2.05, 4.69) is 5.32 Å². The molecule has 114 valence electrons. The van der Waals surface area contributed by atoms with Gasteiger partial charge in [-0.3, -0.25) is 19.7 Å². The van der Waals surface area contributed by atoms with Crippen LogP contribution in [-0.2, 0) is 14.4 Å². The zero-order valence-electron chi connectivity index (χ0n) is 11.8. The number of hydrogen-bond acceptors (Lipinski definition) is 4. The van der Waals surface area contributed by atoms with Crippen LogP contribution in [0.3, 0.4) is 0 Å². The summed E-state index contributed by atoms with van der Waals surface area (Å²) in [5.41, 5.74) is 0. The molecule has 3 N–H and O–H groups in total. The first-order chi connectivity index (χ1) is 9.40. The summed E-state index contributed by atoms with van der Waals surface area (Å²) in [6.45, 7) is 5.06. The average Bonchev–Trinajstić information content (AvgIpc) is 2.37. The van der Waals surface area contributed by atoms with Crippen LogP contribution in [0.25, 0.3) is 0 Å². The van der Waals surface area contributed by atoms with Gasteiger partial charge in [0.05, 0.1) is 6.42 Å². The van der Waals surface area contributed by atoms with Gasteiger partial charge in [0, 0.05) is 32.5 Å². The molecular weight excluding hydrogens is 266 g/mol. The second-order valence-electron chi connectivity index (χ2n) is 4.01. The molecule has 0 atom stereocenters. The molecule has 0 spiro atoms. The lowest BCUT2D eigenvalue weighted by atomic mass is 10.3. The first-order valence-electron chi connectivity index (χ1n) is 6.47. The van der Waals surface area contributed by atoms with Crippen molar-refractivity contribution in [3.63, 3.8) is 0 Å². The standard InChI is InChI=1S/C12H21N3O5/c1-3-15(4-2)10(17)7-8-13-12(20)14-9(16)5-6-11(18)19/h3-8H2,1-2H3,(H,18,19)(H2,13,14,16,20). The van der Waals surface area contributed by atoms with Gasteiger partial charge in [-0.15, -0.1) is 0 Å². The van der Waals surface area contributed by atoms with Gasteiger partial charge in [0.15, 0.2) is 0 Å². The first kappa shape index (κ1) is 17.9. The molecule has 0 aliphatic carbocycles. The summed E-state index contributed by atoms with van der Waals surface area (Å²) in [6, 6.07) is -0.729. The fourth-order valence-electron chi connectivity index (χ4n) is 1.47. The molecule has 0 saturated heterocycles. The molecule has 0 fully saturated rings. The Labute approximate surface area is 117 Å². The van der Waals surface area contributed by atoms with Crippen molar-refractivity contribution in [1.82, 2.24) is 15.5 Å². The average molecular weight is 287 g/mol. The van der Waals surface area contributed by atoms with Crippen molar-refractivity contribution in [3.8, 4) is 0 Å². The number of hydrogen-bond donors (Lipinski definition) is 3. The maximum absolute atomic E-state index is 11.6. The van der Waals surface area contributed by atoms with Crippen molar-refractivity contribution in [1.29, 1.82) is 0 Å². The Morgan fingerprint density at radius 3 is 2.10 bits per heavy atom. The van der Waals surface area contributed by atoms with E-state index in [1.165, 1.54) is 0 Å². The second kappa shape index (κ2) is 9.76. The molecular formula is C12H21N3O5. The molecule has 0 aromatic carbocycles. The van der Waals surface area contributed by atoms with Gasteiger partial charge in [-0.1, -0.05) is 0 Å². The molecule has 0 bridgehead atoms. The van der Waals surface area contributed by atoms with Crippen LogP contribution in [0.4, 0.5) is 4.79 Å². The minimum Gasteiger partial charge on any atom is -0.481 e. The van der Waals surface area contributed by atoms with Gasteiger partial charge in [0.1, 0.15) is 0 Å². The van der Waals surface area contributed by atoms with Gasteiger partial charge in [-0.25, -0.2) is 4.79 Å². The van der Waals surface area contributed by atoms with Crippen molar-refractivity contribution in [3.05, 3.63) is 0 Å². The van der Waals surface area contributed by atoms with Crippen LogP contribution < -0.4 is 10.6 Å². The van der Waals surface area contributed by atoms with Crippen LogP contribution in [0.2, 0.25) is 0 Å². The van der Waals surface area contributed by atoms with Crippen molar-refractivity contribution < 1.29 is 24.3 Å². The fraction of sp³-hybridized carbons (Fsp3) is 0.667. The molecule has 20 heavy (non-hydrogen) atoms. The van der Waals surface area contributed by atoms with E-state index in [0.29, 0.717) is 13.1 Å². The van der Waals surface area contributed by atoms with Crippen molar-refractivity contribution in [2.75, 3.05) is 19.6 Å². The number of nitrogens with zero attached hydrogens (tertiary/aromatic N) is 1. The molecule has 0 aliphatic heterocycles.